The van der Waals surface area contributed by atoms with Crippen LogP contribution in [0.25, 0.3) is 9.53 Å². The maximum Gasteiger partial charge on any atom is 0.513 e. The summed E-state index contributed by atoms with van der Waals surface area (Å²) >= 11 is 6.30. The number of rotatable bonds is 1. The number of hydrogen-bond donors (Lipinski definition) is 1. The zero-order valence-electron chi connectivity index (χ0n) is 10.2. The molecule has 2 rings (SSSR count). The predicted molar refractivity (Wildman–Crippen MR) is 75.8 cm³/mol. The second-order valence-corrected chi connectivity index (χ2v) is 9.04. The molecule has 0 saturated heterocycles. The van der Waals surface area contributed by atoms with Crippen LogP contribution in [0.15, 0.2) is 3.79 Å². The Morgan fingerprint density at radius 2 is 1.89 bits per heavy atom. The number of sulfonamides is 1. The van der Waals surface area contributed by atoms with Crippen LogP contribution in [0, 0.1) is 13.8 Å². The third-order valence-electron chi connectivity index (χ3n) is 2.26. The number of aryl methyl sites for hydroxylation is 2. The monoisotopic (exact) mass is 448 g/mol. The minimum atomic E-state index is -3.56. The van der Waals surface area contributed by atoms with E-state index in [4.69, 9.17) is 0 Å². The Morgan fingerprint density at radius 3 is 2.42 bits per heavy atom. The van der Waals surface area contributed by atoms with E-state index in [1.165, 1.54) is 27.2 Å². The summed E-state index contributed by atoms with van der Waals surface area (Å²) in [4.78, 5) is 12.7. The number of amides is 1. The van der Waals surface area contributed by atoms with E-state index in [0.717, 1.165) is 30.1 Å². The van der Waals surface area contributed by atoms with Crippen molar-refractivity contribution in [3.05, 3.63) is 14.4 Å². The Morgan fingerprint density at radius 1 is 1.32 bits per heavy atom. The van der Waals surface area contributed by atoms with E-state index in [0.29, 0.717) is 0 Å². The molecule has 5 nitrogen and oxygen atoms in total. The molecule has 19 heavy (non-hydrogen) atoms. The number of carbonyl (C=O) groups excluding carboxylic acids is 1. The first-order valence-electron chi connectivity index (χ1n) is 4.83. The van der Waals surface area contributed by atoms with Gasteiger partial charge in [0.25, 0.3) is 10.0 Å². The van der Waals surface area contributed by atoms with Gasteiger partial charge in [-0.15, -0.1) is 9.29 Å². The molecule has 1 N–H and O–H groups in total. The highest BCUT2D eigenvalue weighted by Gasteiger charge is 2.28. The molecule has 0 bridgehead atoms. The molecule has 0 spiro atoms. The molecule has 0 aliphatic heterocycles. The average molecular weight is 450 g/mol. The molecule has 0 fully saturated rings. The van der Waals surface area contributed by atoms with Crippen molar-refractivity contribution in [2.24, 2.45) is 0 Å². The maximum atomic E-state index is 11.9. The van der Waals surface area contributed by atoms with Gasteiger partial charge in [0.05, 0.1) is 14.7 Å². The van der Waals surface area contributed by atoms with Crippen LogP contribution >= 0.6 is 38.6 Å². The second-order valence-electron chi connectivity index (χ2n) is 3.77. The average Bonchev–Trinajstić information content (AvgIpc) is 2.62. The lowest BCUT2D eigenvalue weighted by molar-refractivity contribution is -0.542. The molecule has 10 heteroatoms. The Kier molecular flexibility index (Phi) is 5.16. The number of carbonyl (C=O) groups is 1. The molecule has 2 aromatic heterocycles. The molecule has 1 amide bonds. The van der Waals surface area contributed by atoms with Crippen LogP contribution in [-0.2, 0) is 10.0 Å². The number of halogens is 2. The molecule has 0 aliphatic rings. The van der Waals surface area contributed by atoms with Crippen molar-refractivity contribution in [2.45, 2.75) is 13.8 Å². The van der Waals surface area contributed by atoms with Gasteiger partial charge >= 0.3 is 6.03 Å². The van der Waals surface area contributed by atoms with Gasteiger partial charge in [-0.05, 0) is 28.4 Å². The first kappa shape index (κ1) is 17.0. The van der Waals surface area contributed by atoms with Crippen LogP contribution in [0.4, 0.5) is 4.79 Å². The number of hydrogen-bond acceptors (Lipinski definition) is 5. The Hall–Kier alpha value is -0.0300. The van der Waals surface area contributed by atoms with Gasteiger partial charge in [0.15, 0.2) is 5.01 Å². The molecule has 0 atom stereocenters. The molecule has 0 unspecified atom stereocenters. The maximum absolute atomic E-state index is 11.9. The molecule has 106 valence electrons. The fourth-order valence-corrected chi connectivity index (χ4v) is 5.05. The van der Waals surface area contributed by atoms with Crippen molar-refractivity contribution < 1.29 is 34.8 Å². The summed E-state index contributed by atoms with van der Waals surface area (Å²) in [6.07, 6.45) is 0.958. The van der Waals surface area contributed by atoms with Gasteiger partial charge in [-0.3, -0.25) is 0 Å². The van der Waals surface area contributed by atoms with E-state index in [1.54, 1.807) is 6.92 Å². The van der Waals surface area contributed by atoms with Crippen molar-refractivity contribution in [2.75, 3.05) is 6.26 Å². The van der Waals surface area contributed by atoms with Crippen molar-refractivity contribution in [1.82, 2.24) is 4.72 Å². The molecular formula is C9H10Br2N2O3S3. The van der Waals surface area contributed by atoms with E-state index in [9.17, 15) is 13.2 Å². The lowest BCUT2D eigenvalue weighted by Crippen LogP contribution is -3.00. The predicted octanol–water partition coefficient (Wildman–Crippen LogP) is -0.849. The van der Waals surface area contributed by atoms with Crippen LogP contribution in [-0.4, -0.2) is 20.7 Å². The summed E-state index contributed by atoms with van der Waals surface area (Å²) in [6.45, 7) is 3.74. The normalized spacial score (nSPS) is 11.4. The smallest absolute Gasteiger partial charge is 0.513 e. The molecule has 0 radical (unpaired) electrons. The summed E-state index contributed by atoms with van der Waals surface area (Å²) in [7, 11) is -3.56. The summed E-state index contributed by atoms with van der Waals surface area (Å²) in [6, 6.07) is -0.644. The van der Waals surface area contributed by atoms with E-state index in [1.807, 2.05) is 11.6 Å². The molecule has 2 heterocycles. The van der Waals surface area contributed by atoms with Gasteiger partial charge < -0.3 is 17.0 Å². The minimum Gasteiger partial charge on any atom is -1.00 e. The van der Waals surface area contributed by atoms with E-state index < -0.39 is 16.1 Å². The number of thiazole rings is 1. The molecule has 0 saturated carbocycles. The Labute approximate surface area is 137 Å². The van der Waals surface area contributed by atoms with Crippen molar-refractivity contribution >= 4 is 64.2 Å². The third kappa shape index (κ3) is 3.35. The first-order valence-corrected chi connectivity index (χ1v) is 9.14. The SMILES string of the molecule is Cc1c(Br)sc2c1sc(C)[n+]2C(=O)NS(C)(=O)=O.[Br-]. The van der Waals surface area contributed by atoms with Crippen molar-refractivity contribution in [1.29, 1.82) is 0 Å². The highest BCUT2D eigenvalue weighted by atomic mass is 79.9. The number of thiophene rings is 1. The lowest BCUT2D eigenvalue weighted by Gasteiger charge is -1.95. The van der Waals surface area contributed by atoms with Crippen molar-refractivity contribution in [3.8, 4) is 0 Å². The Balaban J connectivity index is 0.00000180. The summed E-state index contributed by atoms with van der Waals surface area (Å²) in [5, 5.41) is 0.744. The zero-order chi connectivity index (χ0) is 13.7. The molecule has 2 aromatic rings. The summed E-state index contributed by atoms with van der Waals surface area (Å²) in [5.41, 5.74) is 1.06. The zero-order valence-corrected chi connectivity index (χ0v) is 15.8. The second kappa shape index (κ2) is 5.76. The standard InChI is InChI=1S/C9H9BrN2O3S3.BrH/c1-4-6-8(17-7(4)10)12(5(2)16-6)9(13)11-18(3,14)15;/h1-3H3;1H. The highest BCUT2D eigenvalue weighted by Crippen LogP contribution is 2.36. The topological polar surface area (TPSA) is 67.1 Å². The van der Waals surface area contributed by atoms with Crippen LogP contribution in [0.3, 0.4) is 0 Å². The highest BCUT2D eigenvalue weighted by molar-refractivity contribution is 9.11. The molecule has 0 aromatic carbocycles. The molecular weight excluding hydrogens is 440 g/mol. The lowest BCUT2D eigenvalue weighted by atomic mass is 10.4. The van der Waals surface area contributed by atoms with Gasteiger partial charge in [-0.1, -0.05) is 22.7 Å². The molecule has 0 aliphatic carbocycles. The minimum absolute atomic E-state index is 0. The first-order chi connectivity index (χ1) is 8.20. The quantitative estimate of drug-likeness (QED) is 0.576. The van der Waals surface area contributed by atoms with E-state index in [2.05, 4.69) is 15.9 Å². The van der Waals surface area contributed by atoms with Gasteiger partial charge in [-0.2, -0.15) is 13.2 Å². The van der Waals surface area contributed by atoms with Crippen LogP contribution in [0.2, 0.25) is 0 Å². The van der Waals surface area contributed by atoms with Gasteiger partial charge in [0.2, 0.25) is 4.83 Å². The largest absolute Gasteiger partial charge is 1.00 e. The van der Waals surface area contributed by atoms with Gasteiger partial charge in [-0.25, -0.2) is 0 Å². The van der Waals surface area contributed by atoms with Crippen molar-refractivity contribution in [3.63, 3.8) is 0 Å². The summed E-state index contributed by atoms with van der Waals surface area (Å²) in [5.74, 6) is 0. The third-order valence-corrected chi connectivity index (χ3v) is 6.26. The van der Waals surface area contributed by atoms with Gasteiger partial charge in [0.1, 0.15) is 0 Å². The van der Waals surface area contributed by atoms with Crippen LogP contribution in [0.5, 0.6) is 0 Å². The van der Waals surface area contributed by atoms with Crippen LogP contribution < -0.4 is 26.3 Å². The van der Waals surface area contributed by atoms with Crippen LogP contribution in [0.1, 0.15) is 10.6 Å². The fraction of sp³-hybridized carbons (Fsp3) is 0.333. The Bertz CT molecular complexity index is 748. The number of fused-ring (bicyclic) bond motifs is 1. The number of nitrogens with zero attached hydrogens (tertiary/aromatic N) is 1. The fourth-order valence-electron chi connectivity index (χ4n) is 1.50. The van der Waals surface area contributed by atoms with E-state index in [-0.39, 0.29) is 17.0 Å². The summed E-state index contributed by atoms with van der Waals surface area (Å²) < 4.78 is 27.5. The van der Waals surface area contributed by atoms with E-state index >= 15 is 0 Å². The number of aromatic nitrogens is 1. The van der Waals surface area contributed by atoms with Gasteiger partial charge in [0, 0.05) is 6.92 Å². The number of nitrogens with one attached hydrogen (secondary N) is 1.